The van der Waals surface area contributed by atoms with Crippen molar-refractivity contribution in [3.8, 4) is 11.6 Å². The summed E-state index contributed by atoms with van der Waals surface area (Å²) in [6.45, 7) is 9.62. The molecule has 0 atom stereocenters. The van der Waals surface area contributed by atoms with E-state index >= 15 is 0 Å². The summed E-state index contributed by atoms with van der Waals surface area (Å²) in [7, 11) is 0. The van der Waals surface area contributed by atoms with E-state index in [1.54, 1.807) is 6.07 Å². The van der Waals surface area contributed by atoms with Gasteiger partial charge in [0.15, 0.2) is 0 Å². The van der Waals surface area contributed by atoms with Crippen molar-refractivity contribution in [2.24, 2.45) is 11.8 Å². The second kappa shape index (κ2) is 8.86. The van der Waals surface area contributed by atoms with Crippen molar-refractivity contribution in [1.29, 1.82) is 0 Å². The number of hydrogen-bond donors (Lipinski definition) is 0. The highest BCUT2D eigenvalue weighted by Crippen LogP contribution is 2.38. The zero-order valence-corrected chi connectivity index (χ0v) is 17.2. The SMILES string of the molecule is CC(C)CN(CC(C)C)c1ncnc(Oc2cccc3ccccc23)c1[N+](=O)[O-]. The zero-order chi connectivity index (χ0) is 21.0. The van der Waals surface area contributed by atoms with Crippen LogP contribution in [0.3, 0.4) is 0 Å². The van der Waals surface area contributed by atoms with Crippen LogP contribution in [0.2, 0.25) is 0 Å². The number of ether oxygens (including phenoxy) is 1. The van der Waals surface area contributed by atoms with Crippen molar-refractivity contribution in [2.75, 3.05) is 18.0 Å². The Morgan fingerprint density at radius 3 is 2.31 bits per heavy atom. The van der Waals surface area contributed by atoms with Gasteiger partial charge in [-0.15, -0.1) is 0 Å². The molecular formula is C22H26N4O3. The summed E-state index contributed by atoms with van der Waals surface area (Å²) < 4.78 is 5.97. The van der Waals surface area contributed by atoms with Crippen LogP contribution in [-0.2, 0) is 0 Å². The molecule has 0 spiro atoms. The van der Waals surface area contributed by atoms with E-state index in [1.165, 1.54) is 6.33 Å². The fraction of sp³-hybridized carbons (Fsp3) is 0.364. The smallest absolute Gasteiger partial charge is 0.373 e. The van der Waals surface area contributed by atoms with Gasteiger partial charge in [0.1, 0.15) is 12.1 Å². The van der Waals surface area contributed by atoms with E-state index in [1.807, 2.05) is 41.3 Å². The van der Waals surface area contributed by atoms with E-state index in [4.69, 9.17) is 4.74 Å². The third-order valence-corrected chi connectivity index (χ3v) is 4.38. The summed E-state index contributed by atoms with van der Waals surface area (Å²) in [6.07, 6.45) is 1.33. The van der Waals surface area contributed by atoms with Gasteiger partial charge in [0, 0.05) is 18.5 Å². The van der Waals surface area contributed by atoms with Gasteiger partial charge in [-0.25, -0.2) is 4.98 Å². The Bertz CT molecular complexity index is 989. The maximum Gasteiger partial charge on any atom is 0.373 e. The molecule has 0 fully saturated rings. The second-order valence-electron chi connectivity index (χ2n) is 7.88. The monoisotopic (exact) mass is 394 g/mol. The number of hydrogen-bond acceptors (Lipinski definition) is 6. The molecule has 0 aliphatic rings. The minimum Gasteiger partial charge on any atom is -0.433 e. The topological polar surface area (TPSA) is 81.4 Å². The second-order valence-corrected chi connectivity index (χ2v) is 7.88. The number of fused-ring (bicyclic) bond motifs is 1. The van der Waals surface area contributed by atoms with Crippen LogP contribution in [-0.4, -0.2) is 28.0 Å². The molecule has 0 amide bonds. The van der Waals surface area contributed by atoms with Crippen LogP contribution in [0.25, 0.3) is 10.8 Å². The Hall–Kier alpha value is -3.22. The average molecular weight is 394 g/mol. The highest BCUT2D eigenvalue weighted by atomic mass is 16.6. The minimum atomic E-state index is -0.455. The first kappa shape index (κ1) is 20.5. The normalized spacial score (nSPS) is 11.2. The van der Waals surface area contributed by atoms with Gasteiger partial charge in [0.05, 0.1) is 4.92 Å². The molecule has 29 heavy (non-hydrogen) atoms. The fourth-order valence-corrected chi connectivity index (χ4v) is 3.34. The first-order valence-corrected chi connectivity index (χ1v) is 9.76. The van der Waals surface area contributed by atoms with Gasteiger partial charge < -0.3 is 9.64 Å². The number of nitrogens with zero attached hydrogens (tertiary/aromatic N) is 4. The molecule has 3 rings (SSSR count). The number of aromatic nitrogens is 2. The molecule has 0 unspecified atom stereocenters. The predicted octanol–water partition coefficient (Wildman–Crippen LogP) is 5.45. The van der Waals surface area contributed by atoms with Crippen molar-refractivity contribution in [2.45, 2.75) is 27.7 Å². The quantitative estimate of drug-likeness (QED) is 0.373. The van der Waals surface area contributed by atoms with Gasteiger partial charge in [-0.1, -0.05) is 64.1 Å². The number of benzene rings is 2. The van der Waals surface area contributed by atoms with Crippen LogP contribution in [0.5, 0.6) is 11.6 Å². The Labute approximate surface area is 170 Å². The molecule has 0 bridgehead atoms. The van der Waals surface area contributed by atoms with Gasteiger partial charge >= 0.3 is 11.6 Å². The van der Waals surface area contributed by atoms with E-state index in [0.717, 1.165) is 10.8 Å². The molecule has 1 heterocycles. The van der Waals surface area contributed by atoms with Gasteiger partial charge in [-0.3, -0.25) is 10.1 Å². The molecule has 0 radical (unpaired) electrons. The molecule has 7 heteroatoms. The predicted molar refractivity (Wildman–Crippen MR) is 115 cm³/mol. The standard InChI is InChI=1S/C22H26N4O3/c1-15(2)12-25(13-16(3)4)21-20(26(27)28)22(24-14-23-21)29-19-11-7-9-17-8-5-6-10-18(17)19/h5-11,14-16H,12-13H2,1-4H3. The highest BCUT2D eigenvalue weighted by Gasteiger charge is 2.29. The summed E-state index contributed by atoms with van der Waals surface area (Å²) in [6, 6.07) is 13.3. The van der Waals surface area contributed by atoms with Gasteiger partial charge in [-0.2, -0.15) is 4.98 Å². The Kier molecular flexibility index (Phi) is 6.26. The number of anilines is 1. The van der Waals surface area contributed by atoms with E-state index in [2.05, 4.69) is 37.7 Å². The first-order valence-electron chi connectivity index (χ1n) is 9.76. The molecule has 0 N–H and O–H groups in total. The molecule has 0 saturated heterocycles. The number of rotatable bonds is 8. The van der Waals surface area contributed by atoms with Crippen LogP contribution in [0, 0.1) is 22.0 Å². The third kappa shape index (κ3) is 4.80. The Morgan fingerprint density at radius 2 is 1.66 bits per heavy atom. The van der Waals surface area contributed by atoms with E-state index in [9.17, 15) is 10.1 Å². The van der Waals surface area contributed by atoms with E-state index in [-0.39, 0.29) is 11.6 Å². The van der Waals surface area contributed by atoms with Crippen molar-refractivity contribution >= 4 is 22.3 Å². The molecule has 7 nitrogen and oxygen atoms in total. The maximum atomic E-state index is 12.0. The molecule has 0 saturated carbocycles. The van der Waals surface area contributed by atoms with Crippen LogP contribution >= 0.6 is 0 Å². The average Bonchev–Trinajstić information content (AvgIpc) is 2.66. The molecule has 3 aromatic rings. The molecule has 0 aliphatic carbocycles. The van der Waals surface area contributed by atoms with Gasteiger partial charge in [-0.05, 0) is 23.3 Å². The summed E-state index contributed by atoms with van der Waals surface area (Å²) in [4.78, 5) is 21.9. The van der Waals surface area contributed by atoms with Crippen molar-refractivity contribution in [1.82, 2.24) is 9.97 Å². The lowest BCUT2D eigenvalue weighted by Gasteiger charge is -2.27. The Morgan fingerprint density at radius 1 is 1.00 bits per heavy atom. The molecule has 152 valence electrons. The minimum absolute atomic E-state index is 0.0473. The molecular weight excluding hydrogens is 368 g/mol. The van der Waals surface area contributed by atoms with E-state index in [0.29, 0.717) is 36.5 Å². The van der Waals surface area contributed by atoms with Crippen LogP contribution in [0.15, 0.2) is 48.8 Å². The van der Waals surface area contributed by atoms with Gasteiger partial charge in [0.2, 0.25) is 5.82 Å². The fourth-order valence-electron chi connectivity index (χ4n) is 3.34. The summed E-state index contributed by atoms with van der Waals surface area (Å²) in [5.74, 6) is 1.42. The zero-order valence-electron chi connectivity index (χ0n) is 17.2. The van der Waals surface area contributed by atoms with Crippen LogP contribution < -0.4 is 9.64 Å². The largest absolute Gasteiger partial charge is 0.433 e. The van der Waals surface area contributed by atoms with Crippen molar-refractivity contribution < 1.29 is 9.66 Å². The summed E-state index contributed by atoms with van der Waals surface area (Å²) >= 11 is 0. The lowest BCUT2D eigenvalue weighted by atomic mass is 10.1. The lowest BCUT2D eigenvalue weighted by molar-refractivity contribution is -0.385. The van der Waals surface area contributed by atoms with Gasteiger partial charge in [0.25, 0.3) is 0 Å². The van der Waals surface area contributed by atoms with Crippen molar-refractivity contribution in [3.63, 3.8) is 0 Å². The Balaban J connectivity index is 2.07. The molecule has 2 aromatic carbocycles. The van der Waals surface area contributed by atoms with E-state index < -0.39 is 4.92 Å². The summed E-state index contributed by atoms with van der Waals surface area (Å²) in [5, 5.41) is 13.8. The number of nitro groups is 1. The maximum absolute atomic E-state index is 12.0. The lowest BCUT2D eigenvalue weighted by Crippen LogP contribution is -2.32. The molecule has 1 aromatic heterocycles. The van der Waals surface area contributed by atoms with Crippen LogP contribution in [0.4, 0.5) is 11.5 Å². The highest BCUT2D eigenvalue weighted by molar-refractivity contribution is 5.88. The first-order chi connectivity index (χ1) is 13.9. The summed E-state index contributed by atoms with van der Waals surface area (Å²) in [5.41, 5.74) is -0.207. The van der Waals surface area contributed by atoms with Crippen LogP contribution in [0.1, 0.15) is 27.7 Å². The van der Waals surface area contributed by atoms with Crippen molar-refractivity contribution in [3.05, 3.63) is 58.9 Å². The third-order valence-electron chi connectivity index (χ3n) is 4.38. The molecule has 0 aliphatic heterocycles.